The van der Waals surface area contributed by atoms with Crippen molar-refractivity contribution in [2.24, 2.45) is 0 Å². The van der Waals surface area contributed by atoms with Crippen molar-refractivity contribution in [3.05, 3.63) is 54.1 Å². The van der Waals surface area contributed by atoms with Crippen LogP contribution in [0.3, 0.4) is 0 Å². The van der Waals surface area contributed by atoms with Gasteiger partial charge in [-0.3, -0.25) is 4.57 Å². The van der Waals surface area contributed by atoms with E-state index in [-0.39, 0.29) is 6.16 Å². The molecule has 12 heteroatoms. The summed E-state index contributed by atoms with van der Waals surface area (Å²) in [5, 5.41) is 53.2. The van der Waals surface area contributed by atoms with Gasteiger partial charge >= 0.3 is 7.60 Å². The van der Waals surface area contributed by atoms with Crippen LogP contribution in [0.4, 0.5) is 0 Å². The Balaban J connectivity index is 0.000000324. The second kappa shape index (κ2) is 14.8. The van der Waals surface area contributed by atoms with Gasteiger partial charge in [-0.25, -0.2) is 4.98 Å². The third-order valence-corrected chi connectivity index (χ3v) is 8.18. The smallest absolute Gasteiger partial charge is 0.335 e. The summed E-state index contributed by atoms with van der Waals surface area (Å²) in [6.45, 7) is 2.94. The van der Waals surface area contributed by atoms with E-state index in [1.54, 1.807) is 11.3 Å². The Bertz CT molecular complexity index is 1040. The average Bonchev–Trinajstić information content (AvgIpc) is 3.32. The largest absolute Gasteiger partial charge is 0.394 e. The average molecular weight is 544 g/mol. The molecule has 0 saturated heterocycles. The minimum Gasteiger partial charge on any atom is -0.394 e. The molecule has 0 radical (unpaired) electrons. The van der Waals surface area contributed by atoms with E-state index in [1.807, 2.05) is 56.3 Å². The lowest BCUT2D eigenvalue weighted by Gasteiger charge is -2.24. The number of rotatable bonds is 12. The normalized spacial score (nSPS) is 15.1. The predicted molar refractivity (Wildman–Crippen MR) is 138 cm³/mol. The van der Waals surface area contributed by atoms with E-state index < -0.39 is 45.2 Å². The number of aliphatic hydroxyl groups is 6. The maximum absolute atomic E-state index is 12.6. The summed E-state index contributed by atoms with van der Waals surface area (Å²) in [6.07, 6.45) is -6.11. The van der Waals surface area contributed by atoms with E-state index in [0.29, 0.717) is 13.2 Å². The highest BCUT2D eigenvalue weighted by molar-refractivity contribution is 7.53. The van der Waals surface area contributed by atoms with Gasteiger partial charge in [-0.2, -0.15) is 0 Å². The molecule has 0 saturated carbocycles. The first-order valence-corrected chi connectivity index (χ1v) is 14.0. The fourth-order valence-corrected chi connectivity index (χ4v) is 5.84. The van der Waals surface area contributed by atoms with Crippen molar-refractivity contribution < 1.29 is 44.3 Å². The molecule has 0 bridgehead atoms. The Hall–Kier alpha value is -1.76. The van der Waals surface area contributed by atoms with E-state index >= 15 is 0 Å². The summed E-state index contributed by atoms with van der Waals surface area (Å²) in [6, 6.07) is 16.1. The Morgan fingerprint density at radius 1 is 0.861 bits per heavy atom. The van der Waals surface area contributed by atoms with Crippen molar-refractivity contribution in [2.45, 2.75) is 44.4 Å². The molecular weight excluding hydrogens is 509 g/mol. The quantitative estimate of drug-likeness (QED) is 0.186. The van der Waals surface area contributed by atoms with Crippen LogP contribution in [0.2, 0.25) is 0 Å². The molecule has 6 N–H and O–H groups in total. The standard InChI is InChI=1S/C18H20NO3PS.C6H14O6/c1-3-21-23(20,22-4-2)13-14-9-11-15(12-10-14)18-19-16-7-5-6-8-17(16)24-18;7-1-3(9)5(11)6(12)4(10)2-8/h5-12H,3-4,13H2,1-2H3;3-12H,1-2H2/t;3-,4-,5-,6-/m.1/s1. The van der Waals surface area contributed by atoms with Gasteiger partial charge in [0, 0.05) is 5.56 Å². The van der Waals surface area contributed by atoms with Crippen LogP contribution in [-0.2, 0) is 19.8 Å². The van der Waals surface area contributed by atoms with Crippen molar-refractivity contribution in [1.29, 1.82) is 0 Å². The van der Waals surface area contributed by atoms with Gasteiger partial charge in [0.05, 0.1) is 42.8 Å². The fourth-order valence-electron chi connectivity index (χ4n) is 3.17. The van der Waals surface area contributed by atoms with Gasteiger partial charge in [0.1, 0.15) is 29.4 Å². The van der Waals surface area contributed by atoms with Crippen molar-refractivity contribution >= 4 is 29.1 Å². The Morgan fingerprint density at radius 3 is 1.86 bits per heavy atom. The van der Waals surface area contributed by atoms with Crippen LogP contribution in [0.15, 0.2) is 48.5 Å². The summed E-state index contributed by atoms with van der Waals surface area (Å²) in [7, 11) is -3.06. The molecule has 0 unspecified atom stereocenters. The number of para-hydroxylation sites is 1. The molecule has 4 atom stereocenters. The molecule has 1 heterocycles. The van der Waals surface area contributed by atoms with Gasteiger partial charge in [0.15, 0.2) is 0 Å². The Kier molecular flexibility index (Phi) is 12.6. The van der Waals surface area contributed by atoms with E-state index in [9.17, 15) is 4.57 Å². The molecule has 10 nitrogen and oxygen atoms in total. The van der Waals surface area contributed by atoms with Crippen LogP contribution < -0.4 is 0 Å². The van der Waals surface area contributed by atoms with Gasteiger partial charge in [0.25, 0.3) is 0 Å². The Labute approximate surface area is 214 Å². The zero-order valence-electron chi connectivity index (χ0n) is 20.2. The molecule has 1 aromatic heterocycles. The van der Waals surface area contributed by atoms with Crippen LogP contribution >= 0.6 is 18.9 Å². The molecule has 2 aromatic carbocycles. The summed E-state index contributed by atoms with van der Waals surface area (Å²) in [5.41, 5.74) is 3.01. The lowest BCUT2D eigenvalue weighted by molar-refractivity contribution is -0.123. The topological polar surface area (TPSA) is 170 Å². The fraction of sp³-hybridized carbons (Fsp3) is 0.458. The van der Waals surface area contributed by atoms with Gasteiger partial charge in [0.2, 0.25) is 0 Å². The summed E-state index contributed by atoms with van der Waals surface area (Å²) in [4.78, 5) is 4.66. The number of hydrogen-bond acceptors (Lipinski definition) is 11. The van der Waals surface area contributed by atoms with E-state index in [4.69, 9.17) is 39.7 Å². The van der Waals surface area contributed by atoms with E-state index in [0.717, 1.165) is 21.7 Å². The second-order valence-electron chi connectivity index (χ2n) is 7.77. The third kappa shape index (κ3) is 8.67. The van der Waals surface area contributed by atoms with Crippen LogP contribution in [0.1, 0.15) is 19.4 Å². The maximum atomic E-state index is 12.6. The monoisotopic (exact) mass is 543 g/mol. The first-order chi connectivity index (χ1) is 17.2. The molecular formula is C24H34NO9PS. The molecule has 3 aromatic rings. The van der Waals surface area contributed by atoms with Gasteiger partial charge < -0.3 is 39.7 Å². The van der Waals surface area contributed by atoms with Crippen LogP contribution in [0.25, 0.3) is 20.8 Å². The summed E-state index contributed by atoms with van der Waals surface area (Å²) < 4.78 is 24.5. The minimum atomic E-state index is -3.06. The first-order valence-electron chi connectivity index (χ1n) is 11.4. The van der Waals surface area contributed by atoms with Crippen molar-refractivity contribution in [1.82, 2.24) is 4.98 Å². The summed E-state index contributed by atoms with van der Waals surface area (Å²) >= 11 is 1.67. The highest BCUT2D eigenvalue weighted by Crippen LogP contribution is 2.51. The molecule has 200 valence electrons. The lowest BCUT2D eigenvalue weighted by atomic mass is 10.0. The van der Waals surface area contributed by atoms with Gasteiger partial charge in [-0.15, -0.1) is 11.3 Å². The number of fused-ring (bicyclic) bond motifs is 1. The third-order valence-electron chi connectivity index (χ3n) is 5.04. The molecule has 0 fully saturated rings. The van der Waals surface area contributed by atoms with Gasteiger partial charge in [-0.05, 0) is 31.5 Å². The van der Waals surface area contributed by atoms with Crippen LogP contribution in [-0.4, -0.2) is 86.5 Å². The van der Waals surface area contributed by atoms with E-state index in [2.05, 4.69) is 11.1 Å². The van der Waals surface area contributed by atoms with E-state index in [1.165, 1.54) is 4.70 Å². The molecule has 0 aliphatic heterocycles. The van der Waals surface area contributed by atoms with Crippen LogP contribution in [0, 0.1) is 0 Å². The first kappa shape index (κ1) is 30.5. The van der Waals surface area contributed by atoms with Crippen molar-refractivity contribution in [3.63, 3.8) is 0 Å². The molecule has 0 amide bonds. The Morgan fingerprint density at radius 2 is 1.39 bits per heavy atom. The molecule has 0 aliphatic rings. The molecule has 0 spiro atoms. The number of hydrogen-bond donors (Lipinski definition) is 6. The lowest BCUT2D eigenvalue weighted by Crippen LogP contribution is -2.46. The summed E-state index contributed by atoms with van der Waals surface area (Å²) in [5.74, 6) is 0. The zero-order valence-corrected chi connectivity index (χ0v) is 21.9. The highest BCUT2D eigenvalue weighted by Gasteiger charge is 2.29. The SMILES string of the molecule is CCOP(=O)(Cc1ccc(-c2nc3ccccc3s2)cc1)OCC.OC[C@@H](O)[C@@H](O)[C@H](O)[C@H](O)CO. The highest BCUT2D eigenvalue weighted by atomic mass is 32.1. The number of aromatic nitrogens is 1. The molecule has 36 heavy (non-hydrogen) atoms. The van der Waals surface area contributed by atoms with Crippen molar-refractivity contribution in [3.8, 4) is 10.6 Å². The zero-order chi connectivity index (χ0) is 26.7. The van der Waals surface area contributed by atoms with Gasteiger partial charge in [-0.1, -0.05) is 36.4 Å². The predicted octanol–water partition coefficient (Wildman–Crippen LogP) is 2.14. The molecule has 3 rings (SSSR count). The minimum absolute atomic E-state index is 0.287. The number of aliphatic hydroxyl groups excluding tert-OH is 6. The maximum Gasteiger partial charge on any atom is 0.335 e. The van der Waals surface area contributed by atoms with Crippen LogP contribution in [0.5, 0.6) is 0 Å². The van der Waals surface area contributed by atoms with Crippen molar-refractivity contribution in [2.75, 3.05) is 26.4 Å². The number of nitrogens with zero attached hydrogens (tertiary/aromatic N) is 1. The molecule has 0 aliphatic carbocycles. The second-order valence-corrected chi connectivity index (χ2v) is 10.9. The number of benzene rings is 2. The number of thiazole rings is 1.